The van der Waals surface area contributed by atoms with Gasteiger partial charge < -0.3 is 4.74 Å². The number of ketones is 1. The molecular weight excluding hydrogens is 312 g/mol. The first kappa shape index (κ1) is 17.5. The number of carbonyl (C=O) groups excluding carboxylic acids is 2. The van der Waals surface area contributed by atoms with E-state index in [-0.39, 0.29) is 17.0 Å². The molecule has 0 aliphatic heterocycles. The van der Waals surface area contributed by atoms with Crippen molar-refractivity contribution in [2.75, 3.05) is 0 Å². The third kappa shape index (κ3) is 2.36. The van der Waals surface area contributed by atoms with Gasteiger partial charge in [-0.15, -0.1) is 0 Å². The second-order valence-electron chi connectivity index (χ2n) is 10.2. The van der Waals surface area contributed by atoms with Crippen molar-refractivity contribution in [2.24, 2.45) is 34.5 Å². The predicted molar refractivity (Wildman–Crippen MR) is 96.9 cm³/mol. The van der Waals surface area contributed by atoms with E-state index in [4.69, 9.17) is 4.74 Å². The maximum absolute atomic E-state index is 12.0. The molecular formula is C22H34O3. The number of Topliss-reactive ketones (excluding diaryl/α,β-unsaturated/α-hetero) is 1. The first-order valence-electron chi connectivity index (χ1n) is 10.4. The Kier molecular flexibility index (Phi) is 3.91. The van der Waals surface area contributed by atoms with E-state index < -0.39 is 0 Å². The predicted octanol–water partition coefficient (Wildman–Crippen LogP) is 4.92. The van der Waals surface area contributed by atoms with Crippen molar-refractivity contribution >= 4 is 11.8 Å². The summed E-state index contributed by atoms with van der Waals surface area (Å²) in [7, 11) is 0. The fourth-order valence-electron chi connectivity index (χ4n) is 7.76. The Bertz CT molecular complexity index is 598. The van der Waals surface area contributed by atoms with Gasteiger partial charge in [-0.3, -0.25) is 9.59 Å². The van der Waals surface area contributed by atoms with Gasteiger partial charge in [-0.2, -0.15) is 0 Å². The third-order valence-electron chi connectivity index (χ3n) is 9.38. The summed E-state index contributed by atoms with van der Waals surface area (Å²) in [5.74, 6) is 3.16. The highest BCUT2D eigenvalue weighted by molar-refractivity contribution is 5.79. The lowest BCUT2D eigenvalue weighted by Crippen LogP contribution is -2.56. The van der Waals surface area contributed by atoms with E-state index in [9.17, 15) is 9.59 Å². The zero-order valence-electron chi connectivity index (χ0n) is 16.4. The van der Waals surface area contributed by atoms with Gasteiger partial charge in [0.1, 0.15) is 11.4 Å². The molecule has 0 aromatic rings. The van der Waals surface area contributed by atoms with Crippen molar-refractivity contribution in [3.63, 3.8) is 0 Å². The Labute approximate surface area is 152 Å². The van der Waals surface area contributed by atoms with Crippen LogP contribution in [0.25, 0.3) is 0 Å². The zero-order chi connectivity index (χ0) is 18.0. The van der Waals surface area contributed by atoms with Crippen molar-refractivity contribution in [1.29, 1.82) is 0 Å². The van der Waals surface area contributed by atoms with Crippen LogP contribution >= 0.6 is 0 Å². The number of carbonyl (C=O) groups is 2. The monoisotopic (exact) mass is 346 g/mol. The molecule has 0 heterocycles. The molecule has 0 aromatic heterocycles. The lowest BCUT2D eigenvalue weighted by molar-refractivity contribution is -0.183. The van der Waals surface area contributed by atoms with E-state index in [0.29, 0.717) is 23.0 Å². The normalized spacial score (nSPS) is 52.1. The molecule has 0 amide bonds. The van der Waals surface area contributed by atoms with Crippen LogP contribution in [0.1, 0.15) is 85.5 Å². The van der Waals surface area contributed by atoms with Crippen molar-refractivity contribution in [1.82, 2.24) is 0 Å². The van der Waals surface area contributed by atoms with E-state index in [1.54, 1.807) is 6.92 Å². The van der Waals surface area contributed by atoms with Crippen molar-refractivity contribution in [3.8, 4) is 0 Å². The first-order valence-corrected chi connectivity index (χ1v) is 10.4. The van der Waals surface area contributed by atoms with E-state index in [1.807, 2.05) is 0 Å². The van der Waals surface area contributed by atoms with Crippen LogP contribution < -0.4 is 0 Å². The molecule has 4 aliphatic rings. The molecule has 0 radical (unpaired) electrons. The van der Waals surface area contributed by atoms with Gasteiger partial charge in [-0.25, -0.2) is 0 Å². The molecule has 25 heavy (non-hydrogen) atoms. The number of esters is 1. The summed E-state index contributed by atoms with van der Waals surface area (Å²) < 4.78 is 5.91. The zero-order valence-corrected chi connectivity index (χ0v) is 16.4. The standard InChI is InChI=1S/C22H34O3/c1-14(23)25-22(4)12-9-19-17-6-5-15-13-16(24)7-10-20(15,2)18(17)8-11-21(19,22)3/h15,17-19H,5-13H2,1-4H3/t15?,17?,18?,19?,20?,21?,22-/m0/s1. The molecule has 0 saturated heterocycles. The van der Waals surface area contributed by atoms with Crippen LogP contribution in [-0.2, 0) is 14.3 Å². The van der Waals surface area contributed by atoms with Crippen molar-refractivity contribution in [2.45, 2.75) is 91.1 Å². The molecule has 4 saturated carbocycles. The van der Waals surface area contributed by atoms with Crippen LogP contribution in [0, 0.1) is 34.5 Å². The van der Waals surface area contributed by atoms with E-state index >= 15 is 0 Å². The highest BCUT2D eigenvalue weighted by Crippen LogP contribution is 2.68. The molecule has 4 rings (SSSR count). The van der Waals surface area contributed by atoms with Gasteiger partial charge in [-0.1, -0.05) is 13.8 Å². The molecule has 3 heteroatoms. The minimum Gasteiger partial charge on any atom is -0.459 e. The molecule has 0 N–H and O–H groups in total. The molecule has 0 bridgehead atoms. The van der Waals surface area contributed by atoms with Gasteiger partial charge in [0, 0.05) is 25.2 Å². The van der Waals surface area contributed by atoms with Crippen LogP contribution in [-0.4, -0.2) is 17.4 Å². The minimum absolute atomic E-state index is 0.119. The average Bonchev–Trinajstić information content (AvgIpc) is 2.79. The Hall–Kier alpha value is -0.860. The Balaban J connectivity index is 1.62. The molecule has 0 spiro atoms. The van der Waals surface area contributed by atoms with Crippen LogP contribution in [0.3, 0.4) is 0 Å². The van der Waals surface area contributed by atoms with Gasteiger partial charge >= 0.3 is 5.97 Å². The number of fused-ring (bicyclic) bond motifs is 5. The number of hydrogen-bond acceptors (Lipinski definition) is 3. The van der Waals surface area contributed by atoms with Gasteiger partial charge in [0.05, 0.1) is 0 Å². The number of ether oxygens (including phenoxy) is 1. The first-order chi connectivity index (χ1) is 11.7. The van der Waals surface area contributed by atoms with Gasteiger partial charge in [0.2, 0.25) is 0 Å². The molecule has 6 unspecified atom stereocenters. The lowest BCUT2D eigenvalue weighted by atomic mass is 9.44. The maximum Gasteiger partial charge on any atom is 0.303 e. The van der Waals surface area contributed by atoms with Gasteiger partial charge in [-0.05, 0) is 81.0 Å². The summed E-state index contributed by atoms with van der Waals surface area (Å²) >= 11 is 0. The largest absolute Gasteiger partial charge is 0.459 e. The second-order valence-corrected chi connectivity index (χ2v) is 10.2. The average molecular weight is 347 g/mol. The second kappa shape index (κ2) is 5.57. The summed E-state index contributed by atoms with van der Waals surface area (Å²) in [5, 5.41) is 0. The number of hydrogen-bond donors (Lipinski definition) is 0. The van der Waals surface area contributed by atoms with Crippen LogP contribution in [0.4, 0.5) is 0 Å². The van der Waals surface area contributed by atoms with Gasteiger partial charge in [0.15, 0.2) is 0 Å². The topological polar surface area (TPSA) is 43.4 Å². The molecule has 4 fully saturated rings. The minimum atomic E-state index is -0.297. The molecule has 4 aliphatic carbocycles. The SMILES string of the molecule is CC(=O)O[C@@]1(C)CCC2C3CCC4CC(=O)CCC4(C)C3CCC21C. The Morgan fingerprint density at radius 3 is 2.44 bits per heavy atom. The Morgan fingerprint density at radius 1 is 1.00 bits per heavy atom. The lowest BCUT2D eigenvalue weighted by Gasteiger charge is -2.61. The summed E-state index contributed by atoms with van der Waals surface area (Å²) in [6.45, 7) is 8.62. The summed E-state index contributed by atoms with van der Waals surface area (Å²) in [5.41, 5.74) is 0.181. The van der Waals surface area contributed by atoms with Crippen molar-refractivity contribution in [3.05, 3.63) is 0 Å². The third-order valence-corrected chi connectivity index (χ3v) is 9.38. The van der Waals surface area contributed by atoms with Crippen molar-refractivity contribution < 1.29 is 14.3 Å². The molecule has 3 nitrogen and oxygen atoms in total. The highest BCUT2D eigenvalue weighted by Gasteiger charge is 2.64. The quantitative estimate of drug-likeness (QED) is 0.633. The fraction of sp³-hybridized carbons (Fsp3) is 0.909. The van der Waals surface area contributed by atoms with E-state index in [0.717, 1.165) is 37.5 Å². The fourth-order valence-corrected chi connectivity index (χ4v) is 7.76. The van der Waals surface area contributed by atoms with E-state index in [1.165, 1.54) is 32.1 Å². The maximum atomic E-state index is 12.0. The molecule has 140 valence electrons. The Morgan fingerprint density at radius 2 is 1.72 bits per heavy atom. The smallest absolute Gasteiger partial charge is 0.303 e. The molecule has 7 atom stereocenters. The summed E-state index contributed by atoms with van der Waals surface area (Å²) in [4.78, 5) is 23.7. The van der Waals surface area contributed by atoms with Gasteiger partial charge in [0.25, 0.3) is 0 Å². The van der Waals surface area contributed by atoms with Crippen LogP contribution in [0.2, 0.25) is 0 Å². The molecule has 0 aromatic carbocycles. The van der Waals surface area contributed by atoms with Crippen LogP contribution in [0.15, 0.2) is 0 Å². The highest BCUT2D eigenvalue weighted by atomic mass is 16.6. The van der Waals surface area contributed by atoms with E-state index in [2.05, 4.69) is 20.8 Å². The summed E-state index contributed by atoms with van der Waals surface area (Å²) in [6.07, 6.45) is 9.83. The van der Waals surface area contributed by atoms with Crippen LogP contribution in [0.5, 0.6) is 0 Å². The summed E-state index contributed by atoms with van der Waals surface area (Å²) in [6, 6.07) is 0. The number of rotatable bonds is 1.